The summed E-state index contributed by atoms with van der Waals surface area (Å²) in [6.45, 7) is 3.47. The molecule has 1 heterocycles. The van der Waals surface area contributed by atoms with Crippen LogP contribution in [0.25, 0.3) is 0 Å². The number of rotatable bonds is 7. The molecule has 11 heteroatoms. The monoisotopic (exact) mass is 555 g/mol. The molecule has 0 spiro atoms. The van der Waals surface area contributed by atoms with Crippen LogP contribution in [0.15, 0.2) is 18.2 Å². The molecule has 2 aromatic rings. The fraction of sp³-hybridized carbons (Fsp3) is 0.483. The standard InChI is InChI=1S/C29H33NO10/c1-4-30-16-10-20(39-12(2)25(16)33)40-19-9-13(17(32)11-31)8-15-22(19)29(37)24-23(27(15)35)26(34)14-6-5-7-18(38-3)21(14)28(24)36/h5-7,12-13,16,19-20,25,30-31,33,35,37H,4,8-11H2,1-3H3/t12-,13?,16-,19-,20-,25+/m0/s1. The summed E-state index contributed by atoms with van der Waals surface area (Å²) in [5.74, 6) is -3.53. The summed E-state index contributed by atoms with van der Waals surface area (Å²) in [5.41, 5.74) is -0.534. The van der Waals surface area contributed by atoms with Gasteiger partial charge < -0.3 is 40.0 Å². The molecule has 0 aromatic heterocycles. The maximum absolute atomic E-state index is 13.7. The number of aliphatic hydroxyl groups is 2. The molecule has 0 bridgehead atoms. The fourth-order valence-corrected chi connectivity index (χ4v) is 6.16. The van der Waals surface area contributed by atoms with Gasteiger partial charge in [-0.25, -0.2) is 0 Å². The number of carbonyl (C=O) groups excluding carboxylic acids is 3. The zero-order valence-electron chi connectivity index (χ0n) is 22.5. The molecule has 5 N–H and O–H groups in total. The van der Waals surface area contributed by atoms with Crippen molar-refractivity contribution in [2.24, 2.45) is 5.92 Å². The number of aliphatic hydroxyl groups excluding tert-OH is 2. The minimum absolute atomic E-state index is 0.0225. The van der Waals surface area contributed by atoms with E-state index in [0.29, 0.717) is 6.54 Å². The van der Waals surface area contributed by atoms with Gasteiger partial charge in [0.2, 0.25) is 5.78 Å². The van der Waals surface area contributed by atoms with Crippen molar-refractivity contribution in [3.63, 3.8) is 0 Å². The van der Waals surface area contributed by atoms with Crippen molar-refractivity contribution in [1.82, 2.24) is 5.32 Å². The lowest BCUT2D eigenvalue weighted by Gasteiger charge is -2.41. The quantitative estimate of drug-likeness (QED) is 0.268. The summed E-state index contributed by atoms with van der Waals surface area (Å²) in [6, 6.07) is 4.17. The number of hydrogen-bond donors (Lipinski definition) is 5. The van der Waals surface area contributed by atoms with Crippen LogP contribution in [0, 0.1) is 5.92 Å². The van der Waals surface area contributed by atoms with Gasteiger partial charge in [0.15, 0.2) is 17.9 Å². The van der Waals surface area contributed by atoms with Crippen LogP contribution in [-0.4, -0.2) is 82.6 Å². The van der Waals surface area contributed by atoms with Crippen LogP contribution in [0.1, 0.15) is 75.8 Å². The van der Waals surface area contributed by atoms with Gasteiger partial charge in [-0.2, -0.15) is 0 Å². The summed E-state index contributed by atoms with van der Waals surface area (Å²) in [5, 5.41) is 46.3. The maximum atomic E-state index is 13.7. The molecular formula is C29H33NO10. The first kappa shape index (κ1) is 28.2. The number of methoxy groups -OCH3 is 1. The minimum atomic E-state index is -1.03. The third-order valence-corrected chi connectivity index (χ3v) is 8.13. The lowest BCUT2D eigenvalue weighted by Crippen LogP contribution is -2.54. The van der Waals surface area contributed by atoms with E-state index in [-0.39, 0.29) is 64.4 Å². The lowest BCUT2D eigenvalue weighted by atomic mass is 9.73. The molecule has 2 aromatic carbocycles. The number of hydrogen-bond acceptors (Lipinski definition) is 11. The molecule has 2 aliphatic carbocycles. The summed E-state index contributed by atoms with van der Waals surface area (Å²) >= 11 is 0. The molecule has 5 rings (SSSR count). The van der Waals surface area contributed by atoms with Gasteiger partial charge in [0, 0.05) is 35.1 Å². The van der Waals surface area contributed by atoms with Gasteiger partial charge in [0.1, 0.15) is 23.9 Å². The van der Waals surface area contributed by atoms with Crippen LogP contribution in [-0.2, 0) is 20.7 Å². The second-order valence-corrected chi connectivity index (χ2v) is 10.4. The highest BCUT2D eigenvalue weighted by Gasteiger charge is 2.45. The van der Waals surface area contributed by atoms with E-state index in [1.54, 1.807) is 13.0 Å². The highest BCUT2D eigenvalue weighted by Crippen LogP contribution is 2.51. The summed E-state index contributed by atoms with van der Waals surface area (Å²) < 4.78 is 17.5. The highest BCUT2D eigenvalue weighted by molar-refractivity contribution is 6.31. The fourth-order valence-electron chi connectivity index (χ4n) is 6.16. The predicted molar refractivity (Wildman–Crippen MR) is 140 cm³/mol. The molecule has 1 aliphatic heterocycles. The molecule has 40 heavy (non-hydrogen) atoms. The van der Waals surface area contributed by atoms with Crippen LogP contribution >= 0.6 is 0 Å². The third kappa shape index (κ3) is 4.47. The van der Waals surface area contributed by atoms with Gasteiger partial charge in [-0.3, -0.25) is 14.4 Å². The molecule has 0 radical (unpaired) electrons. The molecule has 6 atom stereocenters. The van der Waals surface area contributed by atoms with Crippen molar-refractivity contribution in [2.45, 2.75) is 63.8 Å². The van der Waals surface area contributed by atoms with Crippen LogP contribution < -0.4 is 10.1 Å². The summed E-state index contributed by atoms with van der Waals surface area (Å²) in [4.78, 5) is 39.9. The van der Waals surface area contributed by atoms with E-state index >= 15 is 0 Å². The average Bonchev–Trinajstić information content (AvgIpc) is 2.95. The number of phenolic OH excluding ortho intramolecular Hbond substituents is 2. The maximum Gasteiger partial charge on any atom is 0.202 e. The Labute approximate surface area is 230 Å². The van der Waals surface area contributed by atoms with Gasteiger partial charge in [0.05, 0.1) is 42.1 Å². The van der Waals surface area contributed by atoms with Crippen molar-refractivity contribution in [3.8, 4) is 17.2 Å². The number of Topliss-reactive ketones (excluding diaryl/α,β-unsaturated/α-hetero) is 1. The normalized spacial score (nSPS) is 27.5. The van der Waals surface area contributed by atoms with Crippen LogP contribution in [0.4, 0.5) is 0 Å². The Morgan fingerprint density at radius 2 is 1.82 bits per heavy atom. The Morgan fingerprint density at radius 1 is 1.10 bits per heavy atom. The van der Waals surface area contributed by atoms with Crippen LogP contribution in [0.5, 0.6) is 17.2 Å². The van der Waals surface area contributed by atoms with Gasteiger partial charge in [-0.15, -0.1) is 0 Å². The largest absolute Gasteiger partial charge is 0.507 e. The Kier molecular flexibility index (Phi) is 7.68. The number of phenols is 2. The first-order valence-corrected chi connectivity index (χ1v) is 13.4. The highest BCUT2D eigenvalue weighted by atomic mass is 16.7. The number of likely N-dealkylation sites (N-methyl/N-ethyl adjacent to an activating group) is 1. The van der Waals surface area contributed by atoms with E-state index in [9.17, 15) is 34.8 Å². The number of benzene rings is 2. The number of nitrogens with one attached hydrogen (secondary N) is 1. The van der Waals surface area contributed by atoms with Gasteiger partial charge in [-0.05, 0) is 32.4 Å². The second-order valence-electron chi connectivity index (χ2n) is 10.4. The van der Waals surface area contributed by atoms with E-state index in [1.807, 2.05) is 6.92 Å². The molecule has 214 valence electrons. The van der Waals surface area contributed by atoms with E-state index in [0.717, 1.165) is 0 Å². The minimum Gasteiger partial charge on any atom is -0.507 e. The number of ketones is 3. The molecule has 1 unspecified atom stereocenters. The molecule has 0 saturated carbocycles. The lowest BCUT2D eigenvalue weighted by molar-refractivity contribution is -0.246. The molecule has 3 aliphatic rings. The Bertz CT molecular complexity index is 1370. The van der Waals surface area contributed by atoms with Gasteiger partial charge in [0.25, 0.3) is 0 Å². The van der Waals surface area contributed by atoms with Crippen molar-refractivity contribution < 1.29 is 49.0 Å². The van der Waals surface area contributed by atoms with E-state index in [1.165, 1.54) is 19.2 Å². The number of ether oxygens (including phenoxy) is 3. The summed E-state index contributed by atoms with van der Waals surface area (Å²) in [6.07, 6.45) is -3.06. The number of fused-ring (bicyclic) bond motifs is 3. The first-order valence-electron chi connectivity index (χ1n) is 13.4. The van der Waals surface area contributed by atoms with E-state index < -0.39 is 66.0 Å². The van der Waals surface area contributed by atoms with Crippen LogP contribution in [0.3, 0.4) is 0 Å². The SMILES string of the molecule is CCN[C@H]1C[C@H](O[C@H]2CC(C(=O)CO)Cc3c(O)c4c(c(O)c32)C(=O)c2c(OC)cccc2C4=O)O[C@@H](C)[C@H]1O. The predicted octanol–water partition coefficient (Wildman–Crippen LogP) is 1.54. The number of carbonyl (C=O) groups is 3. The molecular weight excluding hydrogens is 522 g/mol. The van der Waals surface area contributed by atoms with Crippen molar-refractivity contribution in [2.75, 3.05) is 20.3 Å². The van der Waals surface area contributed by atoms with Gasteiger partial charge >= 0.3 is 0 Å². The third-order valence-electron chi connectivity index (χ3n) is 8.13. The van der Waals surface area contributed by atoms with Crippen molar-refractivity contribution >= 4 is 17.3 Å². The zero-order valence-corrected chi connectivity index (χ0v) is 22.5. The van der Waals surface area contributed by atoms with E-state index in [2.05, 4.69) is 5.32 Å². The molecule has 1 saturated heterocycles. The van der Waals surface area contributed by atoms with Crippen molar-refractivity contribution in [1.29, 1.82) is 0 Å². The molecule has 1 fully saturated rings. The second kappa shape index (κ2) is 10.9. The van der Waals surface area contributed by atoms with E-state index in [4.69, 9.17) is 14.2 Å². The number of aromatic hydroxyl groups is 2. The molecule has 0 amide bonds. The summed E-state index contributed by atoms with van der Waals surface area (Å²) in [7, 11) is 1.36. The first-order chi connectivity index (χ1) is 19.1. The van der Waals surface area contributed by atoms with Crippen molar-refractivity contribution in [3.05, 3.63) is 51.6 Å². The van der Waals surface area contributed by atoms with Gasteiger partial charge in [-0.1, -0.05) is 19.1 Å². The van der Waals surface area contributed by atoms with Crippen LogP contribution in [0.2, 0.25) is 0 Å². The zero-order chi connectivity index (χ0) is 28.9. The molecule has 11 nitrogen and oxygen atoms in total. The smallest absolute Gasteiger partial charge is 0.202 e. The topological polar surface area (TPSA) is 172 Å². The average molecular weight is 556 g/mol. The Balaban J connectivity index is 1.63. The Morgan fingerprint density at radius 3 is 2.50 bits per heavy atom. The Hall–Kier alpha value is -3.35.